The van der Waals surface area contributed by atoms with Gasteiger partial charge < -0.3 is 10.4 Å². The number of aromatic nitrogens is 3. The lowest BCUT2D eigenvalue weighted by atomic mass is 10.1. The van der Waals surface area contributed by atoms with Gasteiger partial charge in [-0.25, -0.2) is 0 Å². The second kappa shape index (κ2) is 5.95. The van der Waals surface area contributed by atoms with Crippen LogP contribution in [0.25, 0.3) is 0 Å². The van der Waals surface area contributed by atoms with Crippen LogP contribution in [-0.4, -0.2) is 26.6 Å². The first-order chi connectivity index (χ1) is 8.68. The van der Waals surface area contributed by atoms with E-state index in [1.807, 2.05) is 25.2 Å². The third-order valence-electron chi connectivity index (χ3n) is 2.72. The minimum Gasteiger partial charge on any atom is -0.387 e. The molecule has 18 heavy (non-hydrogen) atoms. The summed E-state index contributed by atoms with van der Waals surface area (Å²) in [6.45, 7) is 1.03. The molecule has 0 aliphatic rings. The van der Waals surface area contributed by atoms with E-state index in [1.54, 1.807) is 16.9 Å². The van der Waals surface area contributed by atoms with E-state index in [2.05, 4.69) is 15.6 Å². The molecule has 0 fully saturated rings. The van der Waals surface area contributed by atoms with Gasteiger partial charge in [-0.05, 0) is 6.07 Å². The maximum atomic E-state index is 10.0. The lowest BCUT2D eigenvalue weighted by Crippen LogP contribution is -2.22. The average Bonchev–Trinajstić information content (AvgIpc) is 2.75. The summed E-state index contributed by atoms with van der Waals surface area (Å²) >= 11 is 6.01. The van der Waals surface area contributed by atoms with E-state index in [4.69, 9.17) is 11.6 Å². The lowest BCUT2D eigenvalue weighted by Gasteiger charge is -2.13. The van der Waals surface area contributed by atoms with Crippen LogP contribution < -0.4 is 5.32 Å². The Morgan fingerprint density at radius 2 is 2.22 bits per heavy atom. The number of rotatable bonds is 5. The van der Waals surface area contributed by atoms with Gasteiger partial charge in [-0.1, -0.05) is 35.0 Å². The minimum absolute atomic E-state index is 0.426. The molecule has 0 aliphatic carbocycles. The van der Waals surface area contributed by atoms with Crippen molar-refractivity contribution >= 4 is 11.6 Å². The zero-order chi connectivity index (χ0) is 13.0. The van der Waals surface area contributed by atoms with Crippen LogP contribution >= 0.6 is 11.6 Å². The molecule has 96 valence electrons. The molecule has 0 saturated carbocycles. The highest BCUT2D eigenvalue weighted by atomic mass is 35.5. The van der Waals surface area contributed by atoms with Crippen molar-refractivity contribution in [2.45, 2.75) is 12.6 Å². The van der Waals surface area contributed by atoms with E-state index in [1.165, 1.54) is 0 Å². The Labute approximate surface area is 110 Å². The number of nitrogens with zero attached hydrogens (tertiary/aromatic N) is 3. The summed E-state index contributed by atoms with van der Waals surface area (Å²) in [7, 11) is 1.83. The van der Waals surface area contributed by atoms with Crippen molar-refractivity contribution in [2.24, 2.45) is 7.05 Å². The summed E-state index contributed by atoms with van der Waals surface area (Å²) in [5, 5.41) is 21.3. The molecule has 2 aromatic rings. The fourth-order valence-corrected chi connectivity index (χ4v) is 1.92. The monoisotopic (exact) mass is 266 g/mol. The zero-order valence-electron chi connectivity index (χ0n) is 10.0. The number of aliphatic hydroxyl groups is 1. The number of aliphatic hydroxyl groups excluding tert-OH is 1. The molecule has 0 amide bonds. The molecule has 0 radical (unpaired) electrons. The molecule has 0 spiro atoms. The van der Waals surface area contributed by atoms with Gasteiger partial charge in [0.1, 0.15) is 0 Å². The first-order valence-corrected chi connectivity index (χ1v) is 6.03. The summed E-state index contributed by atoms with van der Waals surface area (Å²) in [6, 6.07) is 7.29. The molecule has 0 saturated heterocycles. The summed E-state index contributed by atoms with van der Waals surface area (Å²) < 4.78 is 1.69. The highest BCUT2D eigenvalue weighted by Crippen LogP contribution is 2.21. The van der Waals surface area contributed by atoms with Crippen LogP contribution in [0.1, 0.15) is 17.4 Å². The molecule has 1 aromatic heterocycles. The maximum Gasteiger partial charge on any atom is 0.0928 e. The van der Waals surface area contributed by atoms with Crippen molar-refractivity contribution in [3.63, 3.8) is 0 Å². The van der Waals surface area contributed by atoms with Gasteiger partial charge in [-0.2, -0.15) is 0 Å². The van der Waals surface area contributed by atoms with Gasteiger partial charge in [0.15, 0.2) is 0 Å². The van der Waals surface area contributed by atoms with Crippen molar-refractivity contribution < 1.29 is 5.11 Å². The Bertz CT molecular complexity index is 514. The van der Waals surface area contributed by atoms with Crippen molar-refractivity contribution in [3.8, 4) is 0 Å². The first kappa shape index (κ1) is 13.0. The normalized spacial score (nSPS) is 12.6. The van der Waals surface area contributed by atoms with Gasteiger partial charge in [-0.15, -0.1) is 5.10 Å². The summed E-state index contributed by atoms with van der Waals surface area (Å²) in [5.74, 6) is 0. The van der Waals surface area contributed by atoms with Gasteiger partial charge in [0, 0.05) is 30.7 Å². The predicted octanol–water partition coefficient (Wildman–Crippen LogP) is 1.29. The zero-order valence-corrected chi connectivity index (χ0v) is 10.8. The van der Waals surface area contributed by atoms with E-state index in [9.17, 15) is 5.11 Å². The van der Waals surface area contributed by atoms with Gasteiger partial charge in [-0.3, -0.25) is 4.68 Å². The number of nitrogens with one attached hydrogen (secondary N) is 1. The van der Waals surface area contributed by atoms with Gasteiger partial charge >= 0.3 is 0 Å². The fourth-order valence-electron chi connectivity index (χ4n) is 1.66. The fraction of sp³-hybridized carbons (Fsp3) is 0.333. The van der Waals surface area contributed by atoms with E-state index in [0.717, 1.165) is 11.3 Å². The molecule has 1 atom stereocenters. The smallest absolute Gasteiger partial charge is 0.0928 e. The lowest BCUT2D eigenvalue weighted by molar-refractivity contribution is 0.174. The second-order valence-electron chi connectivity index (χ2n) is 4.02. The van der Waals surface area contributed by atoms with Crippen LogP contribution in [0.15, 0.2) is 30.5 Å². The Morgan fingerprint density at radius 3 is 2.89 bits per heavy atom. The van der Waals surface area contributed by atoms with Crippen molar-refractivity contribution in [1.29, 1.82) is 0 Å². The molecule has 0 bridgehead atoms. The highest BCUT2D eigenvalue weighted by molar-refractivity contribution is 6.31. The topological polar surface area (TPSA) is 63.0 Å². The van der Waals surface area contributed by atoms with Crippen LogP contribution in [0, 0.1) is 0 Å². The Balaban J connectivity index is 1.87. The molecular weight excluding hydrogens is 252 g/mol. The molecule has 1 unspecified atom stereocenters. The Morgan fingerprint density at radius 1 is 1.44 bits per heavy atom. The number of aryl methyl sites for hydroxylation is 1. The third-order valence-corrected chi connectivity index (χ3v) is 3.06. The van der Waals surface area contributed by atoms with E-state index in [0.29, 0.717) is 18.1 Å². The SMILES string of the molecule is Cn1nncc1CNCC(O)c1ccccc1Cl. The quantitative estimate of drug-likeness (QED) is 0.856. The van der Waals surface area contributed by atoms with Gasteiger partial charge in [0.25, 0.3) is 0 Å². The number of hydrogen-bond donors (Lipinski definition) is 2. The van der Waals surface area contributed by atoms with Crippen molar-refractivity contribution in [1.82, 2.24) is 20.3 Å². The standard InChI is InChI=1S/C12H15ClN4O/c1-17-9(7-15-16-17)6-14-8-12(18)10-4-2-3-5-11(10)13/h2-5,7,12,14,18H,6,8H2,1H3. The molecule has 5 nitrogen and oxygen atoms in total. The van der Waals surface area contributed by atoms with Gasteiger partial charge in [0.2, 0.25) is 0 Å². The predicted molar refractivity (Wildman–Crippen MR) is 69.1 cm³/mol. The minimum atomic E-state index is -0.625. The summed E-state index contributed by atoms with van der Waals surface area (Å²) in [6.07, 6.45) is 1.06. The van der Waals surface area contributed by atoms with E-state index in [-0.39, 0.29) is 0 Å². The van der Waals surface area contributed by atoms with Crippen LogP contribution in [0.3, 0.4) is 0 Å². The second-order valence-corrected chi connectivity index (χ2v) is 4.42. The molecule has 2 N–H and O–H groups in total. The van der Waals surface area contributed by atoms with Crippen LogP contribution in [0.4, 0.5) is 0 Å². The molecular formula is C12H15ClN4O. The molecule has 6 heteroatoms. The van der Waals surface area contributed by atoms with Crippen LogP contribution in [0.5, 0.6) is 0 Å². The third kappa shape index (κ3) is 3.07. The average molecular weight is 267 g/mol. The molecule has 0 aliphatic heterocycles. The largest absolute Gasteiger partial charge is 0.387 e. The Kier molecular flexibility index (Phi) is 4.30. The molecule has 2 rings (SSSR count). The summed E-state index contributed by atoms with van der Waals surface area (Å²) in [5.41, 5.74) is 1.69. The molecule has 1 aromatic carbocycles. The van der Waals surface area contributed by atoms with Crippen LogP contribution in [0.2, 0.25) is 5.02 Å². The highest BCUT2D eigenvalue weighted by Gasteiger charge is 2.10. The number of hydrogen-bond acceptors (Lipinski definition) is 4. The maximum absolute atomic E-state index is 10.0. The van der Waals surface area contributed by atoms with Gasteiger partial charge in [0.05, 0.1) is 18.0 Å². The van der Waals surface area contributed by atoms with E-state index >= 15 is 0 Å². The number of benzene rings is 1. The van der Waals surface area contributed by atoms with Crippen molar-refractivity contribution in [2.75, 3.05) is 6.54 Å². The van der Waals surface area contributed by atoms with Crippen molar-refractivity contribution in [3.05, 3.63) is 46.7 Å². The van der Waals surface area contributed by atoms with Crippen LogP contribution in [-0.2, 0) is 13.6 Å². The first-order valence-electron chi connectivity index (χ1n) is 5.65. The summed E-state index contributed by atoms with van der Waals surface area (Å²) in [4.78, 5) is 0. The molecule has 1 heterocycles. The number of halogens is 1. The van der Waals surface area contributed by atoms with E-state index < -0.39 is 6.10 Å². The Hall–Kier alpha value is -1.43.